The Labute approximate surface area is 272 Å². The number of nitrogen functional groups attached to an aromatic ring is 1. The van der Waals surface area contributed by atoms with E-state index in [1.54, 1.807) is 12.1 Å². The molecule has 7 aromatic rings. The van der Waals surface area contributed by atoms with Crippen LogP contribution in [0.5, 0.6) is 0 Å². The number of hydrogen-bond donors (Lipinski definition) is 1. The van der Waals surface area contributed by atoms with Crippen LogP contribution >= 0.6 is 0 Å². The highest BCUT2D eigenvalue weighted by atomic mass is 16.3. The van der Waals surface area contributed by atoms with Crippen LogP contribution in [0.15, 0.2) is 168 Å². The van der Waals surface area contributed by atoms with Crippen LogP contribution in [0.3, 0.4) is 0 Å². The van der Waals surface area contributed by atoms with Crippen LogP contribution in [-0.4, -0.2) is 15.7 Å². The number of rotatable bonds is 8. The SMILES string of the molecule is C=C(/C(=N\c1cc(-c2ccc3nc(-c4ccccc4)c(-c4ccccc4N=O)nc3c2)ccc1N)c1ccccc1)c1ccccc1. The fourth-order valence-corrected chi connectivity index (χ4v) is 5.59. The Hall–Kier alpha value is -6.53. The molecule has 7 rings (SSSR count). The molecule has 0 fully saturated rings. The minimum Gasteiger partial charge on any atom is -0.397 e. The summed E-state index contributed by atoms with van der Waals surface area (Å²) in [7, 11) is 0. The van der Waals surface area contributed by atoms with Gasteiger partial charge in [0.1, 0.15) is 5.69 Å². The summed E-state index contributed by atoms with van der Waals surface area (Å²) in [6.07, 6.45) is 0. The van der Waals surface area contributed by atoms with E-state index in [0.717, 1.165) is 44.6 Å². The molecule has 0 bridgehead atoms. The molecule has 0 aliphatic carbocycles. The van der Waals surface area contributed by atoms with Gasteiger partial charge in [0, 0.05) is 22.3 Å². The van der Waals surface area contributed by atoms with Crippen LogP contribution in [0.2, 0.25) is 0 Å². The Morgan fingerprint density at radius 2 is 1.15 bits per heavy atom. The monoisotopic (exact) mass is 607 g/mol. The topological polar surface area (TPSA) is 93.6 Å². The number of nitrogens with two attached hydrogens (primary N) is 1. The summed E-state index contributed by atoms with van der Waals surface area (Å²) in [5.41, 5.74) is 17.5. The molecule has 0 saturated carbocycles. The van der Waals surface area contributed by atoms with Gasteiger partial charge >= 0.3 is 0 Å². The zero-order chi connectivity index (χ0) is 32.2. The summed E-state index contributed by atoms with van der Waals surface area (Å²) in [6, 6.07) is 48.8. The van der Waals surface area contributed by atoms with Gasteiger partial charge in [-0.3, -0.25) is 0 Å². The fourth-order valence-electron chi connectivity index (χ4n) is 5.59. The van der Waals surface area contributed by atoms with Gasteiger partial charge < -0.3 is 5.73 Å². The molecule has 6 aromatic carbocycles. The van der Waals surface area contributed by atoms with Crippen LogP contribution in [-0.2, 0) is 0 Å². The van der Waals surface area contributed by atoms with Crippen molar-refractivity contribution >= 4 is 39.4 Å². The zero-order valence-corrected chi connectivity index (χ0v) is 25.4. The van der Waals surface area contributed by atoms with E-state index in [-0.39, 0.29) is 0 Å². The minimum atomic E-state index is 0.307. The van der Waals surface area contributed by atoms with E-state index in [4.69, 9.17) is 20.7 Å². The standard InChI is InChI=1S/C41H29N5O/c1-27(28-13-5-2-6-14-28)39(29-15-7-3-8-16-29)44-37-25-31(21-23-34(37)42)32-22-24-36-38(26-32)45-41(33-19-11-12-20-35(33)46-47)40(43-36)30-17-9-4-10-18-30/h2-26H,1,42H2/b44-39+. The Balaban J connectivity index is 1.36. The summed E-state index contributed by atoms with van der Waals surface area (Å²) in [5, 5.41) is 3.27. The van der Waals surface area contributed by atoms with Gasteiger partial charge in [-0.1, -0.05) is 128 Å². The summed E-state index contributed by atoms with van der Waals surface area (Å²) in [5.74, 6) is 0. The van der Waals surface area contributed by atoms with Crippen molar-refractivity contribution in [2.24, 2.45) is 10.2 Å². The average Bonchev–Trinajstić information content (AvgIpc) is 3.14. The first-order valence-corrected chi connectivity index (χ1v) is 15.2. The lowest BCUT2D eigenvalue weighted by molar-refractivity contribution is 1.29. The summed E-state index contributed by atoms with van der Waals surface area (Å²) >= 11 is 0. The number of nitrogens with zero attached hydrogens (tertiary/aromatic N) is 4. The maximum absolute atomic E-state index is 11.8. The van der Waals surface area contributed by atoms with Gasteiger partial charge in [0.15, 0.2) is 0 Å². The molecule has 0 saturated heterocycles. The first-order chi connectivity index (χ1) is 23.1. The highest BCUT2D eigenvalue weighted by Crippen LogP contribution is 2.38. The fraction of sp³-hybridized carbons (Fsp3) is 0. The number of hydrogen-bond acceptors (Lipinski definition) is 6. The summed E-state index contributed by atoms with van der Waals surface area (Å²) in [4.78, 5) is 27.0. The first kappa shape index (κ1) is 29.2. The normalized spacial score (nSPS) is 11.4. The van der Waals surface area contributed by atoms with Crippen molar-refractivity contribution in [2.75, 3.05) is 5.73 Å². The van der Waals surface area contributed by atoms with Gasteiger partial charge in [0.25, 0.3) is 0 Å². The number of allylic oxidation sites excluding steroid dienone is 1. The second-order valence-corrected chi connectivity index (χ2v) is 11.0. The molecule has 47 heavy (non-hydrogen) atoms. The van der Waals surface area contributed by atoms with E-state index in [1.807, 2.05) is 140 Å². The van der Waals surface area contributed by atoms with Gasteiger partial charge in [-0.15, -0.1) is 4.91 Å². The third-order valence-corrected chi connectivity index (χ3v) is 8.02. The van der Waals surface area contributed by atoms with E-state index in [9.17, 15) is 4.91 Å². The van der Waals surface area contributed by atoms with Crippen molar-refractivity contribution < 1.29 is 0 Å². The van der Waals surface area contributed by atoms with Crippen LogP contribution in [0.25, 0.3) is 50.2 Å². The quantitative estimate of drug-likeness (QED) is 0.106. The number of benzene rings is 6. The average molecular weight is 608 g/mol. The minimum absolute atomic E-state index is 0.307. The van der Waals surface area contributed by atoms with Crippen molar-refractivity contribution in [2.45, 2.75) is 0 Å². The van der Waals surface area contributed by atoms with Crippen molar-refractivity contribution in [1.29, 1.82) is 0 Å². The van der Waals surface area contributed by atoms with Gasteiger partial charge in [0.05, 0.1) is 39.5 Å². The van der Waals surface area contributed by atoms with Gasteiger partial charge in [-0.2, -0.15) is 0 Å². The van der Waals surface area contributed by atoms with Gasteiger partial charge in [-0.05, 0) is 52.2 Å². The van der Waals surface area contributed by atoms with Crippen LogP contribution in [0.4, 0.5) is 17.1 Å². The highest BCUT2D eigenvalue weighted by Gasteiger charge is 2.17. The number of nitroso groups, excluding NO2 is 1. The Bertz CT molecular complexity index is 2280. The molecule has 0 aliphatic heterocycles. The van der Waals surface area contributed by atoms with Crippen LogP contribution < -0.4 is 5.73 Å². The van der Waals surface area contributed by atoms with E-state index < -0.39 is 0 Å². The summed E-state index contributed by atoms with van der Waals surface area (Å²) < 4.78 is 0. The number of fused-ring (bicyclic) bond motifs is 1. The molecule has 224 valence electrons. The maximum atomic E-state index is 11.8. The van der Waals surface area contributed by atoms with Gasteiger partial charge in [0.2, 0.25) is 0 Å². The molecule has 0 amide bonds. The Morgan fingerprint density at radius 3 is 1.87 bits per heavy atom. The molecule has 6 nitrogen and oxygen atoms in total. The molecular formula is C41H29N5O. The third-order valence-electron chi connectivity index (χ3n) is 8.02. The van der Waals surface area contributed by atoms with Crippen molar-refractivity contribution in [3.63, 3.8) is 0 Å². The second kappa shape index (κ2) is 12.8. The predicted octanol–water partition coefficient (Wildman–Crippen LogP) is 10.4. The maximum Gasteiger partial charge on any atom is 0.117 e. The van der Waals surface area contributed by atoms with E-state index in [0.29, 0.717) is 39.5 Å². The smallest absolute Gasteiger partial charge is 0.117 e. The van der Waals surface area contributed by atoms with Crippen LogP contribution in [0, 0.1) is 4.91 Å². The van der Waals surface area contributed by atoms with Gasteiger partial charge in [-0.25, -0.2) is 15.0 Å². The van der Waals surface area contributed by atoms with Crippen LogP contribution in [0.1, 0.15) is 11.1 Å². The van der Waals surface area contributed by atoms with E-state index in [2.05, 4.69) is 11.8 Å². The van der Waals surface area contributed by atoms with E-state index >= 15 is 0 Å². The zero-order valence-electron chi connectivity index (χ0n) is 25.4. The number of aliphatic imine (C=N–C) groups is 1. The number of anilines is 1. The largest absolute Gasteiger partial charge is 0.397 e. The van der Waals surface area contributed by atoms with Crippen molar-refractivity contribution in [3.05, 3.63) is 174 Å². The number of aromatic nitrogens is 2. The Kier molecular flexibility index (Phi) is 7.97. The Morgan fingerprint density at radius 1 is 0.553 bits per heavy atom. The van der Waals surface area contributed by atoms with Crippen molar-refractivity contribution in [1.82, 2.24) is 9.97 Å². The third kappa shape index (κ3) is 5.95. The molecule has 1 aromatic heterocycles. The lowest BCUT2D eigenvalue weighted by Gasteiger charge is -2.14. The molecule has 6 heteroatoms. The lowest BCUT2D eigenvalue weighted by atomic mass is 9.97. The van der Waals surface area contributed by atoms with E-state index in [1.165, 1.54) is 0 Å². The lowest BCUT2D eigenvalue weighted by Crippen LogP contribution is -2.04. The molecule has 0 spiro atoms. The van der Waals surface area contributed by atoms with Crippen molar-refractivity contribution in [3.8, 4) is 33.6 Å². The molecule has 0 unspecified atom stereocenters. The highest BCUT2D eigenvalue weighted by molar-refractivity contribution is 6.32. The second-order valence-electron chi connectivity index (χ2n) is 11.0. The first-order valence-electron chi connectivity index (χ1n) is 15.2. The molecule has 0 aliphatic rings. The molecular weight excluding hydrogens is 578 g/mol. The molecule has 0 atom stereocenters. The predicted molar refractivity (Wildman–Crippen MR) is 194 cm³/mol. The molecule has 1 heterocycles. The summed E-state index contributed by atoms with van der Waals surface area (Å²) in [6.45, 7) is 4.40. The molecule has 2 N–H and O–H groups in total. The molecule has 0 radical (unpaired) electrons.